The van der Waals surface area contributed by atoms with Crippen LogP contribution < -0.4 is 5.32 Å². The van der Waals surface area contributed by atoms with Crippen molar-refractivity contribution in [3.8, 4) is 0 Å². The molecule has 0 radical (unpaired) electrons. The normalized spacial score (nSPS) is 16.8. The lowest BCUT2D eigenvalue weighted by Crippen LogP contribution is -2.47. The number of fused-ring (bicyclic) bond motifs is 1. The van der Waals surface area contributed by atoms with Crippen LogP contribution in [0.5, 0.6) is 0 Å². The third-order valence-electron chi connectivity index (χ3n) is 5.53. The molecule has 0 saturated carbocycles. The molecule has 0 aliphatic carbocycles. The number of benzene rings is 2. The number of nitrogens with one attached hydrogen (secondary N) is 1. The van der Waals surface area contributed by atoms with Gasteiger partial charge in [-0.2, -0.15) is 0 Å². The van der Waals surface area contributed by atoms with Crippen LogP contribution in [0.25, 0.3) is 11.0 Å². The summed E-state index contributed by atoms with van der Waals surface area (Å²) in [6.07, 6.45) is -0.00942. The van der Waals surface area contributed by atoms with Crippen molar-refractivity contribution in [2.75, 3.05) is 45.7 Å². The highest BCUT2D eigenvalue weighted by molar-refractivity contribution is 7.99. The minimum Gasteiger partial charge on any atom is -0.383 e. The molecule has 1 aliphatic rings. The Balaban J connectivity index is 1.28. The van der Waals surface area contributed by atoms with Gasteiger partial charge in [0.25, 0.3) is 0 Å². The van der Waals surface area contributed by atoms with Crippen LogP contribution in [0.15, 0.2) is 53.7 Å². The molecule has 2 heterocycles. The third-order valence-corrected chi connectivity index (χ3v) is 6.74. The van der Waals surface area contributed by atoms with E-state index in [9.17, 15) is 4.79 Å². The van der Waals surface area contributed by atoms with Gasteiger partial charge < -0.3 is 19.4 Å². The van der Waals surface area contributed by atoms with Crippen LogP contribution in [0, 0.1) is 0 Å². The van der Waals surface area contributed by atoms with Crippen LogP contribution in [-0.4, -0.2) is 72.2 Å². The van der Waals surface area contributed by atoms with Gasteiger partial charge in [0.1, 0.15) is 0 Å². The van der Waals surface area contributed by atoms with Crippen LogP contribution in [0.1, 0.15) is 5.56 Å². The van der Waals surface area contributed by atoms with E-state index in [0.717, 1.165) is 35.8 Å². The van der Waals surface area contributed by atoms with E-state index in [1.54, 1.807) is 7.11 Å². The zero-order valence-corrected chi connectivity index (χ0v) is 20.3. The summed E-state index contributed by atoms with van der Waals surface area (Å²) >= 11 is 7.54. The van der Waals surface area contributed by atoms with Crippen LogP contribution in [0.3, 0.4) is 0 Å². The predicted molar refractivity (Wildman–Crippen MR) is 132 cm³/mol. The minimum absolute atomic E-state index is 0.00942. The highest BCUT2D eigenvalue weighted by Gasteiger charge is 2.21. The summed E-state index contributed by atoms with van der Waals surface area (Å²) < 4.78 is 13.2. The summed E-state index contributed by atoms with van der Waals surface area (Å²) in [4.78, 5) is 19.6. The number of rotatable bonds is 10. The van der Waals surface area contributed by atoms with Gasteiger partial charge in [-0.05, 0) is 23.8 Å². The topological polar surface area (TPSA) is 68.6 Å². The number of halogens is 1. The van der Waals surface area contributed by atoms with E-state index >= 15 is 0 Å². The molecule has 1 fully saturated rings. The van der Waals surface area contributed by atoms with Gasteiger partial charge in [0.05, 0.1) is 36.1 Å². The van der Waals surface area contributed by atoms with Gasteiger partial charge in [-0.25, -0.2) is 4.98 Å². The van der Waals surface area contributed by atoms with Crippen LogP contribution in [-0.2, 0) is 27.4 Å². The second kappa shape index (κ2) is 11.9. The molecule has 3 aromatic rings. The van der Waals surface area contributed by atoms with Crippen molar-refractivity contribution >= 4 is 40.3 Å². The maximum Gasteiger partial charge on any atom is 0.230 e. The monoisotopic (exact) mass is 488 g/mol. The number of carbonyl (C=O) groups is 1. The summed E-state index contributed by atoms with van der Waals surface area (Å²) in [7, 11) is 1.67. The van der Waals surface area contributed by atoms with Crippen molar-refractivity contribution < 1.29 is 14.3 Å². The number of methoxy groups -OCH3 is 1. The van der Waals surface area contributed by atoms with E-state index in [-0.39, 0.29) is 17.8 Å². The fraction of sp³-hybridized carbons (Fsp3) is 0.417. The maximum absolute atomic E-state index is 12.5. The Morgan fingerprint density at radius 3 is 2.97 bits per heavy atom. The number of imidazole rings is 1. The van der Waals surface area contributed by atoms with Gasteiger partial charge in [0.15, 0.2) is 5.16 Å². The van der Waals surface area contributed by atoms with Gasteiger partial charge in [-0.3, -0.25) is 9.69 Å². The number of hydrogen-bond donors (Lipinski definition) is 1. The van der Waals surface area contributed by atoms with Crippen molar-refractivity contribution in [3.63, 3.8) is 0 Å². The third kappa shape index (κ3) is 6.71. The number of aromatic nitrogens is 2. The average molecular weight is 489 g/mol. The molecule has 4 rings (SSSR count). The van der Waals surface area contributed by atoms with Gasteiger partial charge in [0, 0.05) is 44.9 Å². The fourth-order valence-corrected chi connectivity index (χ4v) is 4.92. The molecule has 1 saturated heterocycles. The molecule has 9 heteroatoms. The van der Waals surface area contributed by atoms with E-state index in [0.29, 0.717) is 31.3 Å². The molecule has 1 aliphatic heterocycles. The van der Waals surface area contributed by atoms with Crippen LogP contribution in [0.4, 0.5) is 0 Å². The van der Waals surface area contributed by atoms with E-state index in [1.165, 1.54) is 17.3 Å². The van der Waals surface area contributed by atoms with Gasteiger partial charge in [-0.1, -0.05) is 53.7 Å². The Hall–Kier alpha value is -2.10. The number of amides is 1. The number of morpholine rings is 1. The fourth-order valence-electron chi connectivity index (χ4n) is 3.89. The molecule has 176 valence electrons. The lowest BCUT2D eigenvalue weighted by atomic mass is 10.2. The first-order chi connectivity index (χ1) is 16.1. The SMILES string of the molecule is COCCn1c(SCC(=O)NCC2CN(Cc3ccccc3)CCO2)nc2cc(Cl)ccc21. The van der Waals surface area contributed by atoms with E-state index in [2.05, 4.69) is 44.0 Å². The first-order valence-electron chi connectivity index (χ1n) is 11.0. The molecule has 1 aromatic heterocycles. The highest BCUT2D eigenvalue weighted by atomic mass is 35.5. The number of nitrogens with zero attached hydrogens (tertiary/aromatic N) is 3. The summed E-state index contributed by atoms with van der Waals surface area (Å²) in [5.74, 6) is 0.247. The zero-order chi connectivity index (χ0) is 23.0. The number of carbonyl (C=O) groups excluding carboxylic acids is 1. The Bertz CT molecular complexity index is 1060. The first-order valence-corrected chi connectivity index (χ1v) is 12.4. The molecular weight excluding hydrogens is 460 g/mol. The minimum atomic E-state index is -0.0350. The smallest absolute Gasteiger partial charge is 0.230 e. The van der Waals surface area contributed by atoms with E-state index in [1.807, 2.05) is 24.3 Å². The second-order valence-corrected chi connectivity index (χ2v) is 9.36. The molecule has 1 atom stereocenters. The van der Waals surface area contributed by atoms with Crippen molar-refractivity contribution in [1.29, 1.82) is 0 Å². The summed E-state index contributed by atoms with van der Waals surface area (Å²) in [6, 6.07) is 16.1. The molecule has 1 N–H and O–H groups in total. The largest absolute Gasteiger partial charge is 0.383 e. The molecule has 0 spiro atoms. The Morgan fingerprint density at radius 2 is 2.15 bits per heavy atom. The van der Waals surface area contributed by atoms with Crippen LogP contribution in [0.2, 0.25) is 5.02 Å². The first kappa shape index (κ1) is 24.0. The second-order valence-electron chi connectivity index (χ2n) is 7.98. The Labute approximate surface area is 203 Å². The summed E-state index contributed by atoms with van der Waals surface area (Å²) in [5.41, 5.74) is 3.08. The summed E-state index contributed by atoms with van der Waals surface area (Å²) in [5, 5.41) is 4.44. The molecule has 1 unspecified atom stereocenters. The predicted octanol–water partition coefficient (Wildman–Crippen LogP) is 3.45. The molecule has 2 aromatic carbocycles. The Kier molecular flexibility index (Phi) is 8.63. The molecule has 7 nitrogen and oxygen atoms in total. The van der Waals surface area contributed by atoms with E-state index in [4.69, 9.17) is 21.1 Å². The van der Waals surface area contributed by atoms with Crippen molar-refractivity contribution in [1.82, 2.24) is 19.8 Å². The lowest BCUT2D eigenvalue weighted by molar-refractivity contribution is -0.119. The van der Waals surface area contributed by atoms with Crippen LogP contribution >= 0.6 is 23.4 Å². The molecule has 1 amide bonds. The van der Waals surface area contributed by atoms with Crippen molar-refractivity contribution in [2.24, 2.45) is 0 Å². The van der Waals surface area contributed by atoms with Crippen molar-refractivity contribution in [2.45, 2.75) is 24.3 Å². The number of thioether (sulfide) groups is 1. The Morgan fingerprint density at radius 1 is 1.30 bits per heavy atom. The van der Waals surface area contributed by atoms with Crippen molar-refractivity contribution in [3.05, 3.63) is 59.1 Å². The van der Waals surface area contributed by atoms with E-state index < -0.39 is 0 Å². The maximum atomic E-state index is 12.5. The molecule has 0 bridgehead atoms. The molecule has 33 heavy (non-hydrogen) atoms. The lowest BCUT2D eigenvalue weighted by Gasteiger charge is -2.33. The number of ether oxygens (including phenoxy) is 2. The summed E-state index contributed by atoms with van der Waals surface area (Å²) in [6.45, 7) is 4.99. The molecular formula is C24H29ClN4O3S. The highest BCUT2D eigenvalue weighted by Crippen LogP contribution is 2.26. The van der Waals surface area contributed by atoms with Gasteiger partial charge in [-0.15, -0.1) is 0 Å². The zero-order valence-electron chi connectivity index (χ0n) is 18.7. The quantitative estimate of drug-likeness (QED) is 0.441. The van der Waals surface area contributed by atoms with Gasteiger partial charge >= 0.3 is 0 Å². The van der Waals surface area contributed by atoms with Gasteiger partial charge in [0.2, 0.25) is 5.91 Å². The number of hydrogen-bond acceptors (Lipinski definition) is 6. The average Bonchev–Trinajstić information content (AvgIpc) is 3.17. The standard InChI is InChI=1S/C24H29ClN4O3S/c1-31-11-10-29-22-8-7-19(25)13-21(22)27-24(29)33-17-23(30)26-14-20-16-28(9-12-32-20)15-18-5-3-2-4-6-18/h2-8,13,20H,9-12,14-17H2,1H3,(H,26,30).